The fraction of sp³-hybridized carbons (Fsp3) is 0.150. The molecule has 0 radical (unpaired) electrons. The van der Waals surface area contributed by atoms with Crippen LogP contribution in [0, 0.1) is 5.82 Å². The lowest BCUT2D eigenvalue weighted by atomic mass is 10.1. The summed E-state index contributed by atoms with van der Waals surface area (Å²) in [5.41, 5.74) is 2.68. The van der Waals surface area contributed by atoms with Gasteiger partial charge in [-0.2, -0.15) is 0 Å². The van der Waals surface area contributed by atoms with Crippen LogP contribution in [0.2, 0.25) is 0 Å². The molecule has 3 aromatic heterocycles. The fourth-order valence-electron chi connectivity index (χ4n) is 3.12. The predicted octanol–water partition coefficient (Wildman–Crippen LogP) is 4.19. The molecule has 0 aliphatic carbocycles. The van der Waals surface area contributed by atoms with E-state index in [1.807, 2.05) is 18.5 Å². The number of fused-ring (bicyclic) bond motifs is 1. The highest BCUT2D eigenvalue weighted by Gasteiger charge is 2.14. The maximum absolute atomic E-state index is 14.2. The summed E-state index contributed by atoms with van der Waals surface area (Å²) in [5.74, 6) is -0.500. The summed E-state index contributed by atoms with van der Waals surface area (Å²) in [5, 5.41) is 3.82. The molecule has 4 aromatic rings. The van der Waals surface area contributed by atoms with Crippen molar-refractivity contribution >= 4 is 33.6 Å². The smallest absolute Gasteiger partial charge is 0.227 e. The monoisotopic (exact) mass is 410 g/mol. The summed E-state index contributed by atoms with van der Waals surface area (Å²) < 4.78 is 38.3. The number of benzene rings is 1. The molecular formula is C20H17FN5O2S-. The Morgan fingerprint density at radius 2 is 2.03 bits per heavy atom. The normalized spacial score (nSPS) is 12.4. The third kappa shape index (κ3) is 3.74. The topological polar surface area (TPSA) is 95.8 Å². The number of halogens is 1. The van der Waals surface area contributed by atoms with E-state index in [2.05, 4.69) is 38.7 Å². The molecule has 148 valence electrons. The summed E-state index contributed by atoms with van der Waals surface area (Å²) in [6.07, 6.45) is 7.15. The first-order valence-corrected chi connectivity index (χ1v) is 9.95. The van der Waals surface area contributed by atoms with Gasteiger partial charge >= 0.3 is 0 Å². The van der Waals surface area contributed by atoms with Crippen molar-refractivity contribution in [3.8, 4) is 11.3 Å². The van der Waals surface area contributed by atoms with Gasteiger partial charge in [0.05, 0.1) is 23.1 Å². The minimum atomic E-state index is -2.49. The number of hydrogen-bond acceptors (Lipinski definition) is 6. The Morgan fingerprint density at radius 3 is 2.76 bits per heavy atom. The molecule has 0 amide bonds. The molecule has 0 bridgehead atoms. The van der Waals surface area contributed by atoms with Crippen LogP contribution < -0.4 is 5.32 Å². The summed E-state index contributed by atoms with van der Waals surface area (Å²) >= 11 is -2.49. The molecule has 29 heavy (non-hydrogen) atoms. The predicted molar refractivity (Wildman–Crippen MR) is 108 cm³/mol. The van der Waals surface area contributed by atoms with Gasteiger partial charge in [-0.25, -0.2) is 14.4 Å². The summed E-state index contributed by atoms with van der Waals surface area (Å²) in [7, 11) is 0. The van der Waals surface area contributed by atoms with E-state index in [4.69, 9.17) is 0 Å². The number of nitrogens with one attached hydrogen (secondary N) is 1. The van der Waals surface area contributed by atoms with Crippen LogP contribution >= 0.6 is 0 Å². The van der Waals surface area contributed by atoms with Crippen LogP contribution in [-0.2, 0) is 11.1 Å². The van der Waals surface area contributed by atoms with E-state index in [-0.39, 0.29) is 22.6 Å². The molecule has 4 rings (SSSR count). The van der Waals surface area contributed by atoms with Crippen molar-refractivity contribution < 1.29 is 13.2 Å². The molecule has 1 atom stereocenters. The third-order valence-corrected chi connectivity index (χ3v) is 5.14. The molecule has 0 aliphatic rings. The molecule has 0 saturated carbocycles. The van der Waals surface area contributed by atoms with Crippen LogP contribution in [-0.4, -0.2) is 28.3 Å². The Balaban J connectivity index is 1.72. The van der Waals surface area contributed by atoms with Gasteiger partial charge in [0.1, 0.15) is 5.82 Å². The molecule has 1 aromatic carbocycles. The third-order valence-electron chi connectivity index (χ3n) is 4.50. The molecule has 3 heterocycles. The Labute approximate surface area is 168 Å². The standard InChI is InChI=1S/C20H18FN5O2S/c1-12(2)26-11-15(14-5-7-22-10-19(14)26)17-6-8-23-20(24-17)25-18-4-3-13(29(27)28)9-16(18)21/h3-12H,1-2H3,(H,27,28)(H,23,24,25)/p-1. The molecular weight excluding hydrogens is 393 g/mol. The van der Waals surface area contributed by atoms with E-state index in [0.717, 1.165) is 22.5 Å². The largest absolute Gasteiger partial charge is 0.768 e. The lowest BCUT2D eigenvalue weighted by Gasteiger charge is -2.10. The number of nitrogens with zero attached hydrogens (tertiary/aromatic N) is 4. The molecule has 1 unspecified atom stereocenters. The summed E-state index contributed by atoms with van der Waals surface area (Å²) in [6.45, 7) is 4.18. The maximum atomic E-state index is 14.2. The van der Waals surface area contributed by atoms with Crippen LogP contribution in [0.1, 0.15) is 19.9 Å². The van der Waals surface area contributed by atoms with E-state index in [1.54, 1.807) is 18.5 Å². The van der Waals surface area contributed by atoms with E-state index in [1.165, 1.54) is 12.1 Å². The summed E-state index contributed by atoms with van der Waals surface area (Å²) in [4.78, 5) is 12.8. The quantitative estimate of drug-likeness (QED) is 0.496. The zero-order chi connectivity index (χ0) is 20.5. The Morgan fingerprint density at radius 1 is 1.21 bits per heavy atom. The summed E-state index contributed by atoms with van der Waals surface area (Å²) in [6, 6.07) is 7.55. The molecule has 0 aliphatic heterocycles. The van der Waals surface area contributed by atoms with Crippen molar-refractivity contribution in [2.24, 2.45) is 0 Å². The van der Waals surface area contributed by atoms with Crippen molar-refractivity contribution in [1.29, 1.82) is 0 Å². The van der Waals surface area contributed by atoms with Crippen LogP contribution in [0.15, 0.2) is 60.0 Å². The number of hydrogen-bond donors (Lipinski definition) is 1. The van der Waals surface area contributed by atoms with Crippen molar-refractivity contribution in [2.75, 3.05) is 5.32 Å². The Hall–Kier alpha value is -3.17. The fourth-order valence-corrected chi connectivity index (χ4v) is 3.50. The van der Waals surface area contributed by atoms with Crippen molar-refractivity contribution in [2.45, 2.75) is 24.8 Å². The molecule has 9 heteroatoms. The van der Waals surface area contributed by atoms with Crippen molar-refractivity contribution in [1.82, 2.24) is 19.5 Å². The second kappa shape index (κ2) is 7.69. The molecule has 0 spiro atoms. The zero-order valence-corrected chi connectivity index (χ0v) is 16.5. The first-order chi connectivity index (χ1) is 13.9. The van der Waals surface area contributed by atoms with Gasteiger partial charge in [0.2, 0.25) is 5.95 Å². The number of aromatic nitrogens is 4. The lowest BCUT2D eigenvalue weighted by Crippen LogP contribution is -2.01. The maximum Gasteiger partial charge on any atom is 0.227 e. The van der Waals surface area contributed by atoms with Crippen LogP contribution in [0.4, 0.5) is 16.0 Å². The molecule has 0 saturated heterocycles. The Kier molecular flexibility index (Phi) is 5.08. The van der Waals surface area contributed by atoms with Gasteiger partial charge in [-0.1, -0.05) is 0 Å². The number of pyridine rings is 1. The van der Waals surface area contributed by atoms with Crippen molar-refractivity contribution in [3.63, 3.8) is 0 Å². The average molecular weight is 410 g/mol. The zero-order valence-electron chi connectivity index (χ0n) is 15.7. The van der Waals surface area contributed by atoms with Gasteiger partial charge < -0.3 is 14.4 Å². The number of anilines is 2. The highest BCUT2D eigenvalue weighted by molar-refractivity contribution is 7.79. The lowest BCUT2D eigenvalue weighted by molar-refractivity contribution is 0.535. The highest BCUT2D eigenvalue weighted by atomic mass is 32.2. The first-order valence-electron chi connectivity index (χ1n) is 8.88. The van der Waals surface area contributed by atoms with Crippen LogP contribution in [0.3, 0.4) is 0 Å². The first kappa shape index (κ1) is 19.2. The second-order valence-corrected chi connectivity index (χ2v) is 7.64. The highest BCUT2D eigenvalue weighted by Crippen LogP contribution is 2.31. The van der Waals surface area contributed by atoms with Gasteiger partial charge in [0, 0.05) is 40.5 Å². The molecule has 7 nitrogen and oxygen atoms in total. The minimum absolute atomic E-state index is 0.0881. The van der Waals surface area contributed by atoms with E-state index < -0.39 is 16.9 Å². The van der Waals surface area contributed by atoms with Gasteiger partial charge in [0.15, 0.2) is 0 Å². The average Bonchev–Trinajstić information content (AvgIpc) is 3.10. The minimum Gasteiger partial charge on any atom is -0.768 e. The van der Waals surface area contributed by atoms with E-state index >= 15 is 0 Å². The second-order valence-electron chi connectivity index (χ2n) is 6.70. The van der Waals surface area contributed by atoms with Gasteiger partial charge in [-0.15, -0.1) is 0 Å². The van der Waals surface area contributed by atoms with E-state index in [9.17, 15) is 13.2 Å². The van der Waals surface area contributed by atoms with Gasteiger partial charge in [0.25, 0.3) is 0 Å². The van der Waals surface area contributed by atoms with E-state index in [0.29, 0.717) is 5.69 Å². The SMILES string of the molecule is CC(C)n1cc(-c2ccnc(Nc3ccc(S(=O)[O-])cc3F)n2)c2ccncc21. The van der Waals surface area contributed by atoms with Crippen LogP contribution in [0.25, 0.3) is 22.2 Å². The Bertz CT molecular complexity index is 1220. The van der Waals surface area contributed by atoms with Crippen LogP contribution in [0.5, 0.6) is 0 Å². The number of rotatable bonds is 5. The molecule has 0 fully saturated rings. The van der Waals surface area contributed by atoms with Gasteiger partial charge in [-0.3, -0.25) is 9.19 Å². The molecule has 1 N–H and O–H groups in total. The van der Waals surface area contributed by atoms with Gasteiger partial charge in [-0.05, 0) is 55.3 Å². The van der Waals surface area contributed by atoms with Crippen molar-refractivity contribution in [3.05, 3.63) is 60.9 Å².